The number of hydrogen-bond donors (Lipinski definition) is 3. The summed E-state index contributed by atoms with van der Waals surface area (Å²) in [6.45, 7) is 5.94. The van der Waals surface area contributed by atoms with Crippen molar-refractivity contribution in [2.45, 2.75) is 26.4 Å². The van der Waals surface area contributed by atoms with Gasteiger partial charge in [-0.1, -0.05) is 12.1 Å². The summed E-state index contributed by atoms with van der Waals surface area (Å²) in [7, 11) is 0. The smallest absolute Gasteiger partial charge is 0.238 e. The lowest BCUT2D eigenvalue weighted by molar-refractivity contribution is -0.115. The molecule has 94 valence electrons. The van der Waals surface area contributed by atoms with Crippen LogP contribution in [0.3, 0.4) is 0 Å². The Morgan fingerprint density at radius 1 is 1.41 bits per heavy atom. The van der Waals surface area contributed by atoms with Gasteiger partial charge in [-0.25, -0.2) is 0 Å². The van der Waals surface area contributed by atoms with E-state index in [4.69, 9.17) is 0 Å². The average molecular weight is 236 g/mol. The van der Waals surface area contributed by atoms with Crippen molar-refractivity contribution in [3.63, 3.8) is 0 Å². The van der Waals surface area contributed by atoms with E-state index in [1.807, 2.05) is 31.2 Å². The Morgan fingerprint density at radius 2 is 2.12 bits per heavy atom. The van der Waals surface area contributed by atoms with Crippen molar-refractivity contribution in [3.05, 3.63) is 29.8 Å². The van der Waals surface area contributed by atoms with Crippen LogP contribution in [-0.4, -0.2) is 29.7 Å². The number of aliphatic hydroxyl groups is 1. The summed E-state index contributed by atoms with van der Waals surface area (Å²) in [5, 5.41) is 15.1. The Labute approximate surface area is 102 Å². The number of anilines is 1. The third-order valence-electron chi connectivity index (χ3n) is 2.14. The number of hydrogen-bond acceptors (Lipinski definition) is 3. The lowest BCUT2D eigenvalue weighted by Gasteiger charge is -2.17. The summed E-state index contributed by atoms with van der Waals surface area (Å²) in [6, 6.07) is 7.63. The Bertz CT molecular complexity index is 383. The van der Waals surface area contributed by atoms with Crippen molar-refractivity contribution >= 4 is 11.6 Å². The van der Waals surface area contributed by atoms with E-state index in [1.165, 1.54) is 0 Å². The molecule has 0 saturated carbocycles. The Morgan fingerprint density at radius 3 is 2.71 bits per heavy atom. The SMILES string of the molecule is Cc1cccc(NC(=O)CNCC(C)(C)O)c1. The molecule has 4 nitrogen and oxygen atoms in total. The third-order valence-corrected chi connectivity index (χ3v) is 2.14. The minimum absolute atomic E-state index is 0.111. The first-order valence-electron chi connectivity index (χ1n) is 5.66. The van der Waals surface area contributed by atoms with Gasteiger partial charge in [-0.15, -0.1) is 0 Å². The van der Waals surface area contributed by atoms with Crippen molar-refractivity contribution in [2.24, 2.45) is 0 Å². The molecule has 17 heavy (non-hydrogen) atoms. The summed E-state index contributed by atoms with van der Waals surface area (Å²) in [5.74, 6) is -0.111. The fourth-order valence-corrected chi connectivity index (χ4v) is 1.41. The first-order valence-corrected chi connectivity index (χ1v) is 5.66. The van der Waals surface area contributed by atoms with Crippen molar-refractivity contribution in [2.75, 3.05) is 18.4 Å². The highest BCUT2D eigenvalue weighted by Gasteiger charge is 2.12. The summed E-state index contributed by atoms with van der Waals surface area (Å²) in [6.07, 6.45) is 0. The summed E-state index contributed by atoms with van der Waals surface area (Å²) < 4.78 is 0. The number of nitrogens with one attached hydrogen (secondary N) is 2. The third kappa shape index (κ3) is 6.04. The molecular formula is C13H20N2O2. The molecule has 0 aromatic heterocycles. The van der Waals surface area contributed by atoms with E-state index in [0.29, 0.717) is 6.54 Å². The molecule has 0 bridgehead atoms. The number of carbonyl (C=O) groups excluding carboxylic acids is 1. The van der Waals surface area contributed by atoms with Crippen molar-refractivity contribution in [1.29, 1.82) is 0 Å². The van der Waals surface area contributed by atoms with Crippen LogP contribution in [0, 0.1) is 6.92 Å². The standard InChI is InChI=1S/C13H20N2O2/c1-10-5-4-6-11(7-10)15-12(16)8-14-9-13(2,3)17/h4-7,14,17H,8-9H2,1-3H3,(H,15,16). The molecule has 1 amide bonds. The molecule has 0 aliphatic rings. The van der Waals surface area contributed by atoms with Crippen LogP contribution in [-0.2, 0) is 4.79 Å². The lowest BCUT2D eigenvalue weighted by Crippen LogP contribution is -2.38. The van der Waals surface area contributed by atoms with Crippen LogP contribution in [0.2, 0.25) is 0 Å². The maximum Gasteiger partial charge on any atom is 0.238 e. The Balaban J connectivity index is 2.35. The van der Waals surface area contributed by atoms with Crippen molar-refractivity contribution < 1.29 is 9.90 Å². The zero-order chi connectivity index (χ0) is 12.9. The van der Waals surface area contributed by atoms with Gasteiger partial charge in [-0.05, 0) is 38.5 Å². The van der Waals surface area contributed by atoms with Crippen LogP contribution in [0.5, 0.6) is 0 Å². The van der Waals surface area contributed by atoms with Crippen molar-refractivity contribution in [1.82, 2.24) is 5.32 Å². The molecule has 0 spiro atoms. The average Bonchev–Trinajstić information content (AvgIpc) is 2.15. The topological polar surface area (TPSA) is 61.4 Å². The van der Waals surface area contributed by atoms with E-state index in [0.717, 1.165) is 11.3 Å². The highest BCUT2D eigenvalue weighted by molar-refractivity contribution is 5.92. The number of carbonyl (C=O) groups is 1. The van der Waals surface area contributed by atoms with Crippen LogP contribution < -0.4 is 10.6 Å². The number of rotatable bonds is 5. The predicted octanol–water partition coefficient (Wildman–Crippen LogP) is 1.29. The number of aryl methyl sites for hydroxylation is 1. The summed E-state index contributed by atoms with van der Waals surface area (Å²) >= 11 is 0. The van der Waals surface area contributed by atoms with Crippen LogP contribution in [0.25, 0.3) is 0 Å². The van der Waals surface area contributed by atoms with Gasteiger partial charge in [0.1, 0.15) is 0 Å². The number of benzene rings is 1. The van der Waals surface area contributed by atoms with Crippen LogP contribution in [0.1, 0.15) is 19.4 Å². The molecule has 0 heterocycles. The van der Waals surface area contributed by atoms with Gasteiger partial charge in [0.25, 0.3) is 0 Å². The molecule has 0 atom stereocenters. The highest BCUT2D eigenvalue weighted by Crippen LogP contribution is 2.08. The first-order chi connectivity index (χ1) is 7.87. The highest BCUT2D eigenvalue weighted by atomic mass is 16.3. The lowest BCUT2D eigenvalue weighted by atomic mass is 10.1. The van der Waals surface area contributed by atoms with E-state index < -0.39 is 5.60 Å². The minimum Gasteiger partial charge on any atom is -0.389 e. The fourth-order valence-electron chi connectivity index (χ4n) is 1.41. The molecule has 4 heteroatoms. The zero-order valence-corrected chi connectivity index (χ0v) is 10.6. The summed E-state index contributed by atoms with van der Waals surface area (Å²) in [5.41, 5.74) is 1.09. The van der Waals surface area contributed by atoms with Gasteiger partial charge in [-0.2, -0.15) is 0 Å². The maximum absolute atomic E-state index is 11.6. The Kier molecular flexibility index (Phi) is 4.66. The zero-order valence-electron chi connectivity index (χ0n) is 10.6. The van der Waals surface area contributed by atoms with E-state index in [2.05, 4.69) is 10.6 Å². The molecule has 0 saturated heterocycles. The number of amides is 1. The second-order valence-electron chi connectivity index (χ2n) is 4.83. The van der Waals surface area contributed by atoms with Gasteiger partial charge in [-0.3, -0.25) is 4.79 Å². The molecule has 1 aromatic rings. The normalized spacial score (nSPS) is 11.3. The van der Waals surface area contributed by atoms with Gasteiger partial charge in [0.05, 0.1) is 12.1 Å². The fraction of sp³-hybridized carbons (Fsp3) is 0.462. The van der Waals surface area contributed by atoms with Gasteiger partial charge in [0, 0.05) is 12.2 Å². The molecule has 0 aliphatic carbocycles. The molecule has 1 aromatic carbocycles. The molecule has 0 radical (unpaired) electrons. The van der Waals surface area contributed by atoms with Crippen LogP contribution in [0.15, 0.2) is 24.3 Å². The largest absolute Gasteiger partial charge is 0.389 e. The van der Waals surface area contributed by atoms with E-state index in [-0.39, 0.29) is 12.5 Å². The molecule has 1 rings (SSSR count). The molecule has 3 N–H and O–H groups in total. The van der Waals surface area contributed by atoms with Crippen LogP contribution >= 0.6 is 0 Å². The first kappa shape index (κ1) is 13.7. The summed E-state index contributed by atoms with van der Waals surface area (Å²) in [4.78, 5) is 11.6. The van der Waals surface area contributed by atoms with E-state index in [9.17, 15) is 9.90 Å². The second-order valence-corrected chi connectivity index (χ2v) is 4.83. The van der Waals surface area contributed by atoms with Gasteiger partial charge in [0.2, 0.25) is 5.91 Å². The Hall–Kier alpha value is -1.39. The monoisotopic (exact) mass is 236 g/mol. The van der Waals surface area contributed by atoms with E-state index >= 15 is 0 Å². The van der Waals surface area contributed by atoms with Gasteiger partial charge >= 0.3 is 0 Å². The van der Waals surface area contributed by atoms with Crippen LogP contribution in [0.4, 0.5) is 5.69 Å². The molecule has 0 aliphatic heterocycles. The van der Waals surface area contributed by atoms with Gasteiger partial charge < -0.3 is 15.7 Å². The minimum atomic E-state index is -0.802. The second kappa shape index (κ2) is 5.80. The van der Waals surface area contributed by atoms with Gasteiger partial charge in [0.15, 0.2) is 0 Å². The molecule has 0 fully saturated rings. The molecular weight excluding hydrogens is 216 g/mol. The predicted molar refractivity (Wildman–Crippen MR) is 69.0 cm³/mol. The van der Waals surface area contributed by atoms with Crippen molar-refractivity contribution in [3.8, 4) is 0 Å². The molecule has 0 unspecified atom stereocenters. The van der Waals surface area contributed by atoms with E-state index in [1.54, 1.807) is 13.8 Å². The maximum atomic E-state index is 11.6. The quantitative estimate of drug-likeness (QED) is 0.722.